The third-order valence-corrected chi connectivity index (χ3v) is 2.97. The van der Waals surface area contributed by atoms with Crippen LogP contribution in [0, 0.1) is 17.1 Å². The molecule has 0 spiro atoms. The van der Waals surface area contributed by atoms with Crippen LogP contribution in [0.1, 0.15) is 23.6 Å². The molecule has 0 fully saturated rings. The highest BCUT2D eigenvalue weighted by Gasteiger charge is 2.08. The maximum absolute atomic E-state index is 13.2. The van der Waals surface area contributed by atoms with Gasteiger partial charge in [0, 0.05) is 5.56 Å². The van der Waals surface area contributed by atoms with Gasteiger partial charge in [0.05, 0.1) is 11.3 Å². The average Bonchev–Trinajstić information content (AvgIpc) is 2.53. The van der Waals surface area contributed by atoms with E-state index < -0.39 is 5.82 Å². The normalized spacial score (nSPS) is 11.0. The van der Waals surface area contributed by atoms with Crippen LogP contribution in [-0.4, -0.2) is 10.9 Å². The minimum atomic E-state index is -0.551. The van der Waals surface area contributed by atoms with E-state index in [4.69, 9.17) is 15.2 Å². The molecule has 21 heavy (non-hydrogen) atoms. The van der Waals surface area contributed by atoms with E-state index in [1.54, 1.807) is 37.3 Å². The predicted octanol–water partition coefficient (Wildman–Crippen LogP) is 3.47. The van der Waals surface area contributed by atoms with Gasteiger partial charge in [0.25, 0.3) is 0 Å². The average molecular weight is 284 g/mol. The van der Waals surface area contributed by atoms with E-state index in [2.05, 4.69) is 5.16 Å². The number of benzene rings is 2. The Bertz CT molecular complexity index is 720. The van der Waals surface area contributed by atoms with Crippen molar-refractivity contribution in [2.45, 2.75) is 13.5 Å². The summed E-state index contributed by atoms with van der Waals surface area (Å²) in [6.45, 7) is 1.85. The summed E-state index contributed by atoms with van der Waals surface area (Å²) in [5, 5.41) is 20.8. The number of hydrogen-bond donors (Lipinski definition) is 1. The molecule has 0 bridgehead atoms. The van der Waals surface area contributed by atoms with Crippen molar-refractivity contribution in [3.8, 4) is 11.8 Å². The molecule has 0 aliphatic heterocycles. The molecule has 0 aromatic heterocycles. The van der Waals surface area contributed by atoms with Crippen LogP contribution < -0.4 is 4.74 Å². The van der Waals surface area contributed by atoms with Gasteiger partial charge in [-0.3, -0.25) is 0 Å². The number of halogens is 1. The Kier molecular flexibility index (Phi) is 4.52. The Hall–Kier alpha value is -2.87. The first-order valence-electron chi connectivity index (χ1n) is 6.25. The molecule has 2 rings (SSSR count). The SMILES string of the molecule is C/C(=N/O)c1ccccc1OCc1ccc(F)c(C#N)c1. The molecule has 0 aliphatic rings. The molecular formula is C16H13FN2O2. The molecule has 0 saturated heterocycles. The largest absolute Gasteiger partial charge is 0.488 e. The quantitative estimate of drug-likeness (QED) is 0.531. The van der Waals surface area contributed by atoms with Crippen molar-refractivity contribution in [2.75, 3.05) is 0 Å². The topological polar surface area (TPSA) is 65.6 Å². The molecule has 0 amide bonds. The lowest BCUT2D eigenvalue weighted by Crippen LogP contribution is -2.03. The van der Waals surface area contributed by atoms with Crippen molar-refractivity contribution in [2.24, 2.45) is 5.16 Å². The number of nitrogens with zero attached hydrogens (tertiary/aromatic N) is 2. The summed E-state index contributed by atoms with van der Waals surface area (Å²) < 4.78 is 18.9. The first-order chi connectivity index (χ1) is 10.2. The fraction of sp³-hybridized carbons (Fsp3) is 0.125. The van der Waals surface area contributed by atoms with Gasteiger partial charge in [0.15, 0.2) is 0 Å². The molecular weight excluding hydrogens is 271 g/mol. The Morgan fingerprint density at radius 1 is 1.33 bits per heavy atom. The van der Waals surface area contributed by atoms with Crippen LogP contribution in [0.4, 0.5) is 4.39 Å². The van der Waals surface area contributed by atoms with E-state index in [1.807, 2.05) is 6.07 Å². The second kappa shape index (κ2) is 6.53. The van der Waals surface area contributed by atoms with Crippen LogP contribution in [0.2, 0.25) is 0 Å². The minimum absolute atomic E-state index is 0.0162. The monoisotopic (exact) mass is 284 g/mol. The van der Waals surface area contributed by atoms with E-state index in [1.165, 1.54) is 12.1 Å². The van der Waals surface area contributed by atoms with Gasteiger partial charge in [-0.2, -0.15) is 5.26 Å². The van der Waals surface area contributed by atoms with Gasteiger partial charge in [0.2, 0.25) is 0 Å². The van der Waals surface area contributed by atoms with E-state index in [0.717, 1.165) is 0 Å². The van der Waals surface area contributed by atoms with Gasteiger partial charge >= 0.3 is 0 Å². The van der Waals surface area contributed by atoms with Crippen LogP contribution in [0.25, 0.3) is 0 Å². The molecule has 106 valence electrons. The number of nitriles is 1. The van der Waals surface area contributed by atoms with Crippen molar-refractivity contribution < 1.29 is 14.3 Å². The highest BCUT2D eigenvalue weighted by atomic mass is 19.1. The van der Waals surface area contributed by atoms with Crippen LogP contribution in [0.3, 0.4) is 0 Å². The van der Waals surface area contributed by atoms with Crippen LogP contribution >= 0.6 is 0 Å². The van der Waals surface area contributed by atoms with E-state index in [0.29, 0.717) is 22.6 Å². The lowest BCUT2D eigenvalue weighted by Gasteiger charge is -2.11. The summed E-state index contributed by atoms with van der Waals surface area (Å²) in [7, 11) is 0. The lowest BCUT2D eigenvalue weighted by atomic mass is 10.1. The van der Waals surface area contributed by atoms with Gasteiger partial charge < -0.3 is 9.94 Å². The van der Waals surface area contributed by atoms with Crippen molar-refractivity contribution in [1.82, 2.24) is 0 Å². The Balaban J connectivity index is 2.20. The van der Waals surface area contributed by atoms with E-state index >= 15 is 0 Å². The van der Waals surface area contributed by atoms with Gasteiger partial charge in [-0.1, -0.05) is 23.4 Å². The predicted molar refractivity (Wildman–Crippen MR) is 75.9 cm³/mol. The Labute approximate surface area is 121 Å². The number of oxime groups is 1. The van der Waals surface area contributed by atoms with Gasteiger partial charge in [-0.05, 0) is 36.8 Å². The summed E-state index contributed by atoms with van der Waals surface area (Å²) >= 11 is 0. The molecule has 0 radical (unpaired) electrons. The molecule has 0 atom stereocenters. The summed E-state index contributed by atoms with van der Waals surface area (Å²) in [6.07, 6.45) is 0. The molecule has 2 aromatic rings. The molecule has 0 unspecified atom stereocenters. The zero-order valence-electron chi connectivity index (χ0n) is 11.4. The Morgan fingerprint density at radius 3 is 2.81 bits per heavy atom. The van der Waals surface area contributed by atoms with Crippen LogP contribution in [0.5, 0.6) is 5.75 Å². The highest BCUT2D eigenvalue weighted by Crippen LogP contribution is 2.20. The standard InChI is InChI=1S/C16H13FN2O2/c1-11(19-20)14-4-2-3-5-16(14)21-10-12-6-7-15(17)13(8-12)9-18/h2-8,20H,10H2,1H3/b19-11-. The van der Waals surface area contributed by atoms with Crippen molar-refractivity contribution in [3.05, 3.63) is 65.0 Å². The summed E-state index contributed by atoms with van der Waals surface area (Å²) in [5.41, 5.74) is 1.77. The maximum atomic E-state index is 13.2. The molecule has 0 aliphatic carbocycles. The van der Waals surface area contributed by atoms with Crippen molar-refractivity contribution in [3.63, 3.8) is 0 Å². The summed E-state index contributed by atoms with van der Waals surface area (Å²) in [4.78, 5) is 0. The zero-order valence-corrected chi connectivity index (χ0v) is 11.4. The number of rotatable bonds is 4. The first kappa shape index (κ1) is 14.5. The smallest absolute Gasteiger partial charge is 0.140 e. The van der Waals surface area contributed by atoms with Gasteiger partial charge in [0.1, 0.15) is 24.2 Å². The van der Waals surface area contributed by atoms with Crippen LogP contribution in [0.15, 0.2) is 47.6 Å². The number of ether oxygens (including phenoxy) is 1. The molecule has 2 aromatic carbocycles. The molecule has 5 heteroatoms. The second-order valence-electron chi connectivity index (χ2n) is 4.40. The minimum Gasteiger partial charge on any atom is -0.488 e. The second-order valence-corrected chi connectivity index (χ2v) is 4.40. The fourth-order valence-corrected chi connectivity index (χ4v) is 1.85. The highest BCUT2D eigenvalue weighted by molar-refractivity contribution is 6.00. The van der Waals surface area contributed by atoms with Crippen molar-refractivity contribution >= 4 is 5.71 Å². The van der Waals surface area contributed by atoms with E-state index in [9.17, 15) is 4.39 Å². The fourth-order valence-electron chi connectivity index (χ4n) is 1.85. The van der Waals surface area contributed by atoms with Gasteiger partial charge in [-0.25, -0.2) is 4.39 Å². The van der Waals surface area contributed by atoms with E-state index in [-0.39, 0.29) is 12.2 Å². The molecule has 1 N–H and O–H groups in total. The summed E-state index contributed by atoms with van der Waals surface area (Å²) in [6, 6.07) is 13.2. The third kappa shape index (κ3) is 3.37. The first-order valence-corrected chi connectivity index (χ1v) is 6.25. The third-order valence-electron chi connectivity index (χ3n) is 2.97. The Morgan fingerprint density at radius 2 is 2.10 bits per heavy atom. The molecule has 0 heterocycles. The number of hydrogen-bond acceptors (Lipinski definition) is 4. The zero-order chi connectivity index (χ0) is 15.2. The van der Waals surface area contributed by atoms with Gasteiger partial charge in [-0.15, -0.1) is 0 Å². The summed E-state index contributed by atoms with van der Waals surface area (Å²) in [5.74, 6) is 0.000501. The maximum Gasteiger partial charge on any atom is 0.140 e. The van der Waals surface area contributed by atoms with Crippen LogP contribution in [-0.2, 0) is 6.61 Å². The number of para-hydroxylation sites is 1. The van der Waals surface area contributed by atoms with Crippen molar-refractivity contribution in [1.29, 1.82) is 5.26 Å². The lowest BCUT2D eigenvalue weighted by molar-refractivity contribution is 0.303. The molecule has 0 saturated carbocycles. The molecule has 4 nitrogen and oxygen atoms in total.